The van der Waals surface area contributed by atoms with E-state index in [1.54, 1.807) is 0 Å². The van der Waals surface area contributed by atoms with Crippen LogP contribution < -0.4 is 14.2 Å². The zero-order chi connectivity index (χ0) is 36.0. The first-order valence-corrected chi connectivity index (χ1v) is 19.0. The minimum Gasteiger partial charge on any atom is -0.439 e. The second kappa shape index (κ2) is 15.6. The first-order chi connectivity index (χ1) is 24.5. The van der Waals surface area contributed by atoms with Crippen molar-refractivity contribution in [2.75, 3.05) is 24.7 Å². The number of hydrogen-bond donors (Lipinski definition) is 2. The molecule has 12 nitrogen and oxygen atoms in total. The number of fused-ring (bicyclic) bond motifs is 2. The van der Waals surface area contributed by atoms with Crippen LogP contribution >= 0.6 is 0 Å². The molecular weight excluding hydrogens is 697 g/mol. The number of oxazole rings is 1. The number of allylic oxidation sites excluding steroid dienone is 3. The van der Waals surface area contributed by atoms with Gasteiger partial charge >= 0.3 is 26.7 Å². The van der Waals surface area contributed by atoms with E-state index >= 15 is 0 Å². The molecule has 2 heterocycles. The Morgan fingerprint density at radius 1 is 0.784 bits per heavy atom. The van der Waals surface area contributed by atoms with E-state index in [9.17, 15) is 16.8 Å². The van der Waals surface area contributed by atoms with Gasteiger partial charge < -0.3 is 14.1 Å². The Balaban J connectivity index is 1.32. The van der Waals surface area contributed by atoms with Crippen molar-refractivity contribution in [1.29, 1.82) is 0 Å². The van der Waals surface area contributed by atoms with Crippen LogP contribution in [0, 0.1) is 0 Å². The van der Waals surface area contributed by atoms with E-state index in [4.69, 9.17) is 18.3 Å². The maximum atomic E-state index is 11.2. The molecule has 0 bridgehead atoms. The predicted molar refractivity (Wildman–Crippen MR) is 191 cm³/mol. The van der Waals surface area contributed by atoms with Gasteiger partial charge in [0.1, 0.15) is 0 Å². The van der Waals surface area contributed by atoms with Crippen LogP contribution in [-0.2, 0) is 42.1 Å². The second-order valence-corrected chi connectivity index (χ2v) is 13.9. The molecule has 1 aliphatic rings. The normalized spacial score (nSPS) is 14.3. The third-order valence-electron chi connectivity index (χ3n) is 8.27. The van der Waals surface area contributed by atoms with Crippen LogP contribution in [0.25, 0.3) is 33.4 Å². The Kier molecular flexibility index (Phi) is 11.0. The highest BCUT2D eigenvalue weighted by Gasteiger charge is 2.29. The first kappa shape index (κ1) is 36.0. The maximum absolute atomic E-state index is 11.2. The van der Waals surface area contributed by atoms with Crippen molar-refractivity contribution in [1.82, 2.24) is 0 Å². The number of aryl methyl sites for hydroxylation is 1. The predicted octanol–water partition coefficient (Wildman–Crippen LogP) is 6.70. The lowest BCUT2D eigenvalue weighted by Crippen LogP contribution is -2.37. The van der Waals surface area contributed by atoms with Crippen LogP contribution in [0.2, 0.25) is 0 Å². The fraction of sp³-hybridized carbons (Fsp3) is 0.216. The van der Waals surface area contributed by atoms with Gasteiger partial charge in [-0.05, 0) is 59.4 Å². The first-order valence-electron chi connectivity index (χ1n) is 16.2. The van der Waals surface area contributed by atoms with E-state index < -0.39 is 20.8 Å². The molecule has 0 fully saturated rings. The Labute approximate surface area is 296 Å². The Morgan fingerprint density at radius 2 is 1.39 bits per heavy atom. The number of nitrogens with zero attached hydrogens (tertiary/aromatic N) is 2. The molecule has 4 aromatic carbocycles. The summed E-state index contributed by atoms with van der Waals surface area (Å²) >= 11 is 0. The molecule has 2 N–H and O–H groups in total. The molecule has 0 atom stereocenters. The molecule has 0 aliphatic carbocycles. The summed E-state index contributed by atoms with van der Waals surface area (Å²) in [5, 5.41) is 0. The molecule has 0 amide bonds. The lowest BCUT2D eigenvalue weighted by Gasteiger charge is -2.19. The van der Waals surface area contributed by atoms with Gasteiger partial charge in [0.05, 0.1) is 25.3 Å². The number of ether oxygens (including phenoxy) is 1. The highest BCUT2D eigenvalue weighted by atomic mass is 32.3. The number of hydrogen-bond acceptors (Lipinski definition) is 9. The molecule has 6 rings (SSSR count). The summed E-state index contributed by atoms with van der Waals surface area (Å²) < 4.78 is 86.7. The Hall–Kier alpha value is -4.83. The Morgan fingerprint density at radius 3 is 2.02 bits per heavy atom. The molecule has 0 saturated heterocycles. The number of aromatic nitrogens is 1. The topological polar surface area (TPSA) is 157 Å². The summed E-state index contributed by atoms with van der Waals surface area (Å²) in [6.07, 6.45) is 4.70. The van der Waals surface area contributed by atoms with E-state index in [2.05, 4.69) is 8.37 Å². The van der Waals surface area contributed by atoms with E-state index in [1.165, 1.54) is 0 Å². The van der Waals surface area contributed by atoms with Gasteiger partial charge in [0.25, 0.3) is 5.52 Å². The molecule has 1 aliphatic heterocycles. The van der Waals surface area contributed by atoms with Crippen LogP contribution in [0.15, 0.2) is 125 Å². The summed E-state index contributed by atoms with van der Waals surface area (Å²) in [6, 6.07) is 31.6. The second-order valence-electron chi connectivity index (χ2n) is 11.7. The van der Waals surface area contributed by atoms with Gasteiger partial charge in [0.15, 0.2) is 12.3 Å². The van der Waals surface area contributed by atoms with Gasteiger partial charge in [0, 0.05) is 25.1 Å². The molecular formula is C37H37N2O10S2+. The molecule has 0 unspecified atom stereocenters. The average molecular weight is 734 g/mol. The molecule has 0 saturated carbocycles. The quantitative estimate of drug-likeness (QED) is 0.0670. The van der Waals surface area contributed by atoms with E-state index in [0.717, 1.165) is 39.0 Å². The largest absolute Gasteiger partial charge is 0.439 e. The van der Waals surface area contributed by atoms with Crippen molar-refractivity contribution in [3.05, 3.63) is 127 Å². The molecule has 0 radical (unpaired) electrons. The average Bonchev–Trinajstić information content (AvgIpc) is 3.63. The van der Waals surface area contributed by atoms with Crippen LogP contribution in [0.3, 0.4) is 0 Å². The van der Waals surface area contributed by atoms with Gasteiger partial charge in [0.2, 0.25) is 11.5 Å². The molecule has 0 spiro atoms. The van der Waals surface area contributed by atoms with Crippen LogP contribution in [0.4, 0.5) is 5.69 Å². The fourth-order valence-electron chi connectivity index (χ4n) is 5.91. The Bertz CT molecular complexity index is 2290. The summed E-state index contributed by atoms with van der Waals surface area (Å²) in [5.41, 5.74) is 7.07. The fourth-order valence-corrected chi connectivity index (χ4v) is 6.57. The SMILES string of the molecule is C/C=C(\C=C1\Oc2ccc(-c3ccccc3)cc2N1CCCOS(=O)(=O)O)Cc1oc2ccc(-c3ccccc3)cc2[n+]1CCCOS(=O)(=O)O. The standard InChI is InChI=1S/C37H36N2O10S2/c1-2-27(23-36-38(19-9-21-46-50(40,41)42)32-25-30(15-17-34(32)48-36)28-11-5-3-6-12-28)24-37-39(20-10-22-47-51(43,44)45)33-26-31(16-18-35(33)49-37)29-13-7-4-8-14-29/h2-8,11-18,23,25-26H,9-10,19-22,24H2,1H3,(H-,40,41,42,43,44,45)/p+1/b27-2+,36-23+. The third-order valence-corrected chi connectivity index (χ3v) is 9.20. The molecule has 1 aromatic heterocycles. The monoisotopic (exact) mass is 733 g/mol. The lowest BCUT2D eigenvalue weighted by atomic mass is 10.0. The molecule has 5 aromatic rings. The van der Waals surface area contributed by atoms with Gasteiger partial charge in [-0.2, -0.15) is 21.4 Å². The van der Waals surface area contributed by atoms with Crippen LogP contribution in [-0.4, -0.2) is 45.7 Å². The summed E-state index contributed by atoms with van der Waals surface area (Å²) in [6.45, 7) is 2.12. The third kappa shape index (κ3) is 9.29. The molecule has 266 valence electrons. The number of anilines is 1. The molecule has 14 heteroatoms. The van der Waals surface area contributed by atoms with Gasteiger partial charge in [-0.15, -0.1) is 0 Å². The zero-order valence-corrected chi connectivity index (χ0v) is 29.3. The minimum atomic E-state index is -4.58. The van der Waals surface area contributed by atoms with Gasteiger partial charge in [-0.3, -0.25) is 9.11 Å². The highest BCUT2D eigenvalue weighted by Crippen LogP contribution is 2.42. The van der Waals surface area contributed by atoms with Crippen molar-refractivity contribution in [3.8, 4) is 28.0 Å². The van der Waals surface area contributed by atoms with Crippen LogP contribution in [0.5, 0.6) is 5.75 Å². The highest BCUT2D eigenvalue weighted by molar-refractivity contribution is 7.81. The summed E-state index contributed by atoms with van der Waals surface area (Å²) in [7, 11) is -9.16. The summed E-state index contributed by atoms with van der Waals surface area (Å²) in [5.74, 6) is 1.73. The van der Waals surface area contributed by atoms with E-state index in [0.29, 0.717) is 42.6 Å². The summed E-state index contributed by atoms with van der Waals surface area (Å²) in [4.78, 5) is 1.93. The van der Waals surface area contributed by atoms with Crippen LogP contribution in [0.1, 0.15) is 25.7 Å². The van der Waals surface area contributed by atoms with Crippen molar-refractivity contribution in [2.45, 2.75) is 32.7 Å². The van der Waals surface area contributed by atoms with E-state index in [1.807, 2.05) is 126 Å². The number of benzene rings is 4. The maximum Gasteiger partial charge on any atom is 0.397 e. The van der Waals surface area contributed by atoms with E-state index in [-0.39, 0.29) is 26.1 Å². The smallest absolute Gasteiger partial charge is 0.397 e. The van der Waals surface area contributed by atoms with Gasteiger partial charge in [-0.1, -0.05) is 78.9 Å². The van der Waals surface area contributed by atoms with Crippen molar-refractivity contribution in [2.24, 2.45) is 0 Å². The number of rotatable bonds is 15. The molecule has 51 heavy (non-hydrogen) atoms. The lowest BCUT2D eigenvalue weighted by molar-refractivity contribution is -0.684. The van der Waals surface area contributed by atoms with Crippen molar-refractivity contribution < 1.29 is 48.0 Å². The minimum absolute atomic E-state index is 0.218. The van der Waals surface area contributed by atoms with Crippen molar-refractivity contribution >= 4 is 37.6 Å². The van der Waals surface area contributed by atoms with Gasteiger partial charge in [-0.25, -0.2) is 8.37 Å². The van der Waals surface area contributed by atoms with Crippen molar-refractivity contribution in [3.63, 3.8) is 0 Å². The zero-order valence-electron chi connectivity index (χ0n) is 27.7.